The zero-order valence-corrected chi connectivity index (χ0v) is 11.7. The quantitative estimate of drug-likeness (QED) is 0.821. The smallest absolute Gasteiger partial charge is 0.119 e. The number of ether oxygens (including phenoxy) is 1. The number of aromatic nitrogens is 2. The molecule has 2 rings (SSSR count). The summed E-state index contributed by atoms with van der Waals surface area (Å²) in [7, 11) is 0. The summed E-state index contributed by atoms with van der Waals surface area (Å²) >= 11 is 4.90. The molecular weight excluding hydrogens is 258 g/mol. The number of imidazole rings is 1. The van der Waals surface area contributed by atoms with Gasteiger partial charge in [0.2, 0.25) is 0 Å². The number of nitrogens with zero attached hydrogens (tertiary/aromatic N) is 2. The molecule has 0 aliphatic carbocycles. The lowest BCUT2D eigenvalue weighted by Crippen LogP contribution is -2.11. The molecule has 0 saturated carbocycles. The van der Waals surface area contributed by atoms with Crippen molar-refractivity contribution in [2.75, 3.05) is 6.61 Å². The molecule has 0 radical (unpaired) electrons. The van der Waals surface area contributed by atoms with E-state index in [4.69, 9.17) is 22.7 Å². The first-order valence-electron chi connectivity index (χ1n) is 6.23. The van der Waals surface area contributed by atoms with Crippen molar-refractivity contribution in [2.24, 2.45) is 5.73 Å². The van der Waals surface area contributed by atoms with E-state index in [1.807, 2.05) is 36.7 Å². The largest absolute Gasteiger partial charge is 0.492 e. The summed E-state index contributed by atoms with van der Waals surface area (Å²) in [6.07, 6.45) is 4.71. The second kappa shape index (κ2) is 6.33. The van der Waals surface area contributed by atoms with Crippen LogP contribution in [0.3, 0.4) is 0 Å². The van der Waals surface area contributed by atoms with Gasteiger partial charge in [-0.1, -0.05) is 19.1 Å². The van der Waals surface area contributed by atoms with Crippen molar-refractivity contribution in [2.45, 2.75) is 19.9 Å². The first kappa shape index (κ1) is 13.5. The van der Waals surface area contributed by atoms with E-state index in [0.29, 0.717) is 11.6 Å². The van der Waals surface area contributed by atoms with Gasteiger partial charge in [0, 0.05) is 24.4 Å². The highest BCUT2D eigenvalue weighted by Crippen LogP contribution is 2.12. The topological polar surface area (TPSA) is 53.1 Å². The predicted octanol–water partition coefficient (Wildman–Crippen LogP) is 2.16. The van der Waals surface area contributed by atoms with Crippen molar-refractivity contribution in [3.05, 3.63) is 48.0 Å². The standard InChI is InChI=1S/C14H17N3OS/c1-2-13-16-7-8-17(13)9-10-18-12-5-3-11(4-6-12)14(15)19/h3-8H,2,9-10H2,1H3,(H2,15,19). The molecule has 0 aliphatic rings. The van der Waals surface area contributed by atoms with Crippen LogP contribution in [0.2, 0.25) is 0 Å². The van der Waals surface area contributed by atoms with Crippen LogP contribution in [-0.2, 0) is 13.0 Å². The minimum atomic E-state index is 0.401. The maximum absolute atomic E-state index is 5.68. The maximum Gasteiger partial charge on any atom is 0.119 e. The third kappa shape index (κ3) is 3.54. The molecule has 0 saturated heterocycles. The van der Waals surface area contributed by atoms with Crippen molar-refractivity contribution in [3.8, 4) is 5.75 Å². The number of thiocarbonyl (C=S) groups is 1. The Kier molecular flexibility index (Phi) is 4.52. The van der Waals surface area contributed by atoms with E-state index in [2.05, 4.69) is 16.5 Å². The van der Waals surface area contributed by atoms with E-state index in [1.54, 1.807) is 0 Å². The van der Waals surface area contributed by atoms with Crippen LogP contribution < -0.4 is 10.5 Å². The maximum atomic E-state index is 5.68. The molecule has 0 amide bonds. The van der Waals surface area contributed by atoms with Gasteiger partial charge < -0.3 is 15.0 Å². The molecule has 1 aromatic carbocycles. The van der Waals surface area contributed by atoms with Gasteiger partial charge in [-0.25, -0.2) is 4.98 Å². The number of rotatable bonds is 6. The van der Waals surface area contributed by atoms with Crippen molar-refractivity contribution in [1.82, 2.24) is 9.55 Å². The first-order chi connectivity index (χ1) is 9.20. The Bertz CT molecular complexity index is 548. The van der Waals surface area contributed by atoms with E-state index >= 15 is 0 Å². The lowest BCUT2D eigenvalue weighted by atomic mass is 10.2. The molecule has 19 heavy (non-hydrogen) atoms. The van der Waals surface area contributed by atoms with Crippen molar-refractivity contribution in [1.29, 1.82) is 0 Å². The van der Waals surface area contributed by atoms with Gasteiger partial charge in [0.1, 0.15) is 23.2 Å². The van der Waals surface area contributed by atoms with Crippen molar-refractivity contribution in [3.63, 3.8) is 0 Å². The Labute approximate surface area is 118 Å². The summed E-state index contributed by atoms with van der Waals surface area (Å²) < 4.78 is 7.78. The van der Waals surface area contributed by atoms with Crippen LogP contribution in [0.25, 0.3) is 0 Å². The van der Waals surface area contributed by atoms with Crippen LogP contribution in [0.4, 0.5) is 0 Å². The summed E-state index contributed by atoms with van der Waals surface area (Å²) in [4.78, 5) is 4.67. The van der Waals surface area contributed by atoms with E-state index in [1.165, 1.54) is 0 Å². The van der Waals surface area contributed by atoms with Crippen LogP contribution in [0.1, 0.15) is 18.3 Å². The van der Waals surface area contributed by atoms with Crippen molar-refractivity contribution < 1.29 is 4.74 Å². The molecular formula is C14H17N3OS. The van der Waals surface area contributed by atoms with Gasteiger partial charge >= 0.3 is 0 Å². The summed E-state index contributed by atoms with van der Waals surface area (Å²) in [6.45, 7) is 3.49. The number of nitrogens with two attached hydrogens (primary N) is 1. The Hall–Kier alpha value is -1.88. The van der Waals surface area contributed by atoms with Gasteiger partial charge in [0.25, 0.3) is 0 Å². The van der Waals surface area contributed by atoms with E-state index < -0.39 is 0 Å². The first-order valence-corrected chi connectivity index (χ1v) is 6.64. The van der Waals surface area contributed by atoms with E-state index in [0.717, 1.165) is 30.1 Å². The molecule has 0 atom stereocenters. The monoisotopic (exact) mass is 275 g/mol. The third-order valence-electron chi connectivity index (χ3n) is 2.86. The SMILES string of the molecule is CCc1nccn1CCOc1ccc(C(N)=S)cc1. The minimum absolute atomic E-state index is 0.401. The second-order valence-electron chi connectivity index (χ2n) is 4.13. The minimum Gasteiger partial charge on any atom is -0.492 e. The fourth-order valence-electron chi connectivity index (χ4n) is 1.84. The highest BCUT2D eigenvalue weighted by atomic mass is 32.1. The summed E-state index contributed by atoms with van der Waals surface area (Å²) in [6, 6.07) is 7.49. The van der Waals surface area contributed by atoms with Crippen LogP contribution in [0.15, 0.2) is 36.7 Å². The number of hydrogen-bond donors (Lipinski definition) is 1. The molecule has 1 aromatic heterocycles. The summed E-state index contributed by atoms with van der Waals surface area (Å²) in [5.41, 5.74) is 6.39. The molecule has 0 spiro atoms. The molecule has 0 unspecified atom stereocenters. The van der Waals surface area contributed by atoms with Crippen molar-refractivity contribution >= 4 is 17.2 Å². The van der Waals surface area contributed by atoms with Crippen LogP contribution in [0.5, 0.6) is 5.75 Å². The highest BCUT2D eigenvalue weighted by Gasteiger charge is 2.01. The molecule has 100 valence electrons. The molecule has 2 aromatic rings. The van der Waals surface area contributed by atoms with Gasteiger partial charge in [-0.3, -0.25) is 0 Å². The van der Waals surface area contributed by atoms with Gasteiger partial charge in [-0.05, 0) is 24.3 Å². The average Bonchev–Trinajstić information content (AvgIpc) is 2.87. The summed E-state index contributed by atoms with van der Waals surface area (Å²) in [5.74, 6) is 1.89. The Morgan fingerprint density at radius 2 is 2.11 bits per heavy atom. The Balaban J connectivity index is 1.87. The molecule has 5 heteroatoms. The lowest BCUT2D eigenvalue weighted by molar-refractivity contribution is 0.296. The fraction of sp³-hybridized carbons (Fsp3) is 0.286. The molecule has 0 fully saturated rings. The number of aryl methyl sites for hydroxylation is 1. The van der Waals surface area contributed by atoms with Gasteiger partial charge in [0.05, 0.1) is 6.54 Å². The molecule has 0 aliphatic heterocycles. The second-order valence-corrected chi connectivity index (χ2v) is 4.57. The fourth-order valence-corrected chi connectivity index (χ4v) is 1.97. The van der Waals surface area contributed by atoms with Crippen LogP contribution in [0, 0.1) is 0 Å². The van der Waals surface area contributed by atoms with Gasteiger partial charge in [-0.2, -0.15) is 0 Å². The third-order valence-corrected chi connectivity index (χ3v) is 3.09. The normalized spacial score (nSPS) is 10.4. The van der Waals surface area contributed by atoms with E-state index in [-0.39, 0.29) is 0 Å². The zero-order valence-electron chi connectivity index (χ0n) is 10.9. The molecule has 4 nitrogen and oxygen atoms in total. The van der Waals surface area contributed by atoms with E-state index in [9.17, 15) is 0 Å². The zero-order chi connectivity index (χ0) is 13.7. The number of benzene rings is 1. The summed E-state index contributed by atoms with van der Waals surface area (Å²) in [5, 5.41) is 0. The Morgan fingerprint density at radius 3 is 2.74 bits per heavy atom. The average molecular weight is 275 g/mol. The van der Waals surface area contributed by atoms with Crippen LogP contribution in [-0.4, -0.2) is 21.1 Å². The highest BCUT2D eigenvalue weighted by molar-refractivity contribution is 7.80. The van der Waals surface area contributed by atoms with Gasteiger partial charge in [-0.15, -0.1) is 0 Å². The van der Waals surface area contributed by atoms with Gasteiger partial charge in [0.15, 0.2) is 0 Å². The predicted molar refractivity (Wildman–Crippen MR) is 79.4 cm³/mol. The molecule has 2 N–H and O–H groups in total. The molecule has 1 heterocycles. The number of hydrogen-bond acceptors (Lipinski definition) is 3. The van der Waals surface area contributed by atoms with Crippen LogP contribution >= 0.6 is 12.2 Å². The molecule has 0 bridgehead atoms. The lowest BCUT2D eigenvalue weighted by Gasteiger charge is -2.09. The Morgan fingerprint density at radius 1 is 1.37 bits per heavy atom.